The Hall–Kier alpha value is -1.06. The third kappa shape index (κ3) is 4.02. The van der Waals surface area contributed by atoms with Crippen LogP contribution in [-0.4, -0.2) is 26.4 Å². The Morgan fingerprint density at radius 3 is 2.88 bits per heavy atom. The first kappa shape index (κ1) is 12.4. The van der Waals surface area contributed by atoms with Gasteiger partial charge in [-0.05, 0) is 44.0 Å². The van der Waals surface area contributed by atoms with Crippen LogP contribution in [0.1, 0.15) is 24.8 Å². The average molecular weight is 235 g/mol. The van der Waals surface area contributed by atoms with Gasteiger partial charge in [0.1, 0.15) is 12.4 Å². The lowest BCUT2D eigenvalue weighted by molar-refractivity contribution is -0.0103. The van der Waals surface area contributed by atoms with E-state index in [-0.39, 0.29) is 0 Å². The number of nitrogens with one attached hydrogen (secondary N) is 1. The van der Waals surface area contributed by atoms with E-state index in [4.69, 9.17) is 9.47 Å². The Labute approximate surface area is 103 Å². The van der Waals surface area contributed by atoms with Gasteiger partial charge >= 0.3 is 0 Å². The van der Waals surface area contributed by atoms with E-state index in [1.165, 1.54) is 24.8 Å². The molecule has 1 aliphatic rings. The van der Waals surface area contributed by atoms with Crippen molar-refractivity contribution < 1.29 is 9.47 Å². The topological polar surface area (TPSA) is 30.5 Å². The first-order valence-electron chi connectivity index (χ1n) is 6.36. The van der Waals surface area contributed by atoms with Crippen molar-refractivity contribution in [1.82, 2.24) is 5.32 Å². The van der Waals surface area contributed by atoms with E-state index in [0.29, 0.717) is 19.3 Å². The summed E-state index contributed by atoms with van der Waals surface area (Å²) in [6.45, 7) is 2.20. The zero-order valence-corrected chi connectivity index (χ0v) is 10.4. The fourth-order valence-electron chi connectivity index (χ4n) is 1.86. The van der Waals surface area contributed by atoms with Gasteiger partial charge in [0.15, 0.2) is 0 Å². The zero-order valence-electron chi connectivity index (χ0n) is 10.4. The second-order valence-corrected chi connectivity index (χ2v) is 4.45. The Kier molecular flexibility index (Phi) is 4.83. The normalized spacial score (nSPS) is 15.6. The molecule has 0 amide bonds. The van der Waals surface area contributed by atoms with E-state index < -0.39 is 0 Å². The minimum Gasteiger partial charge on any atom is -0.491 e. The van der Waals surface area contributed by atoms with Crippen LogP contribution in [-0.2, 0) is 11.3 Å². The first-order chi connectivity index (χ1) is 8.38. The molecule has 0 aliphatic heterocycles. The second kappa shape index (κ2) is 6.62. The summed E-state index contributed by atoms with van der Waals surface area (Å²) in [7, 11) is 1.94. The van der Waals surface area contributed by atoms with Crippen molar-refractivity contribution >= 4 is 0 Å². The lowest BCUT2D eigenvalue weighted by Crippen LogP contribution is -2.23. The van der Waals surface area contributed by atoms with Crippen LogP contribution in [0.15, 0.2) is 24.3 Å². The summed E-state index contributed by atoms with van der Waals surface area (Å²) >= 11 is 0. The maximum absolute atomic E-state index is 5.66. The molecule has 2 rings (SSSR count). The fraction of sp³-hybridized carbons (Fsp3) is 0.571. The van der Waals surface area contributed by atoms with Gasteiger partial charge in [0.05, 0.1) is 12.7 Å². The molecule has 0 heterocycles. The maximum Gasteiger partial charge on any atom is 0.119 e. The number of hydrogen-bond donors (Lipinski definition) is 1. The summed E-state index contributed by atoms with van der Waals surface area (Å²) in [5, 5.41) is 3.13. The highest BCUT2D eigenvalue weighted by Gasteiger charge is 2.17. The quantitative estimate of drug-likeness (QED) is 0.736. The van der Waals surface area contributed by atoms with Crippen molar-refractivity contribution in [3.63, 3.8) is 0 Å². The molecular weight excluding hydrogens is 214 g/mol. The highest BCUT2D eigenvalue weighted by molar-refractivity contribution is 5.28. The lowest BCUT2D eigenvalue weighted by atomic mass is 9.96. The Morgan fingerprint density at radius 2 is 2.18 bits per heavy atom. The van der Waals surface area contributed by atoms with Crippen molar-refractivity contribution in [3.8, 4) is 5.75 Å². The number of hydrogen-bond acceptors (Lipinski definition) is 3. The van der Waals surface area contributed by atoms with E-state index >= 15 is 0 Å². The first-order valence-corrected chi connectivity index (χ1v) is 6.36. The van der Waals surface area contributed by atoms with Gasteiger partial charge in [0, 0.05) is 6.54 Å². The molecule has 1 aromatic carbocycles. The molecule has 1 aliphatic carbocycles. The molecule has 1 fully saturated rings. The van der Waals surface area contributed by atoms with Crippen LogP contribution in [0.25, 0.3) is 0 Å². The molecule has 1 N–H and O–H groups in total. The average Bonchev–Trinajstić information content (AvgIpc) is 2.27. The van der Waals surface area contributed by atoms with Crippen LogP contribution in [0, 0.1) is 0 Å². The Morgan fingerprint density at radius 1 is 1.29 bits per heavy atom. The van der Waals surface area contributed by atoms with Crippen LogP contribution < -0.4 is 10.1 Å². The van der Waals surface area contributed by atoms with E-state index in [2.05, 4.69) is 17.4 Å². The molecular formula is C14H21NO2. The third-order valence-electron chi connectivity index (χ3n) is 3.04. The van der Waals surface area contributed by atoms with E-state index in [0.717, 1.165) is 12.3 Å². The molecule has 17 heavy (non-hydrogen) atoms. The van der Waals surface area contributed by atoms with Crippen LogP contribution in [0.4, 0.5) is 0 Å². The van der Waals surface area contributed by atoms with Gasteiger partial charge in [-0.3, -0.25) is 0 Å². The monoisotopic (exact) mass is 235 g/mol. The van der Waals surface area contributed by atoms with Crippen molar-refractivity contribution in [2.45, 2.75) is 31.9 Å². The molecule has 0 atom stereocenters. The molecule has 94 valence electrons. The summed E-state index contributed by atoms with van der Waals surface area (Å²) in [4.78, 5) is 0. The largest absolute Gasteiger partial charge is 0.491 e. The molecule has 1 aromatic rings. The summed E-state index contributed by atoms with van der Waals surface area (Å²) in [5.74, 6) is 0.926. The standard InChI is InChI=1S/C14H21NO2/c1-15-11-12-4-2-7-14(10-12)17-9-8-16-13-5-3-6-13/h2,4,7,10,13,15H,3,5-6,8-9,11H2,1H3. The van der Waals surface area contributed by atoms with E-state index in [1.54, 1.807) is 0 Å². The van der Waals surface area contributed by atoms with Gasteiger partial charge in [-0.1, -0.05) is 12.1 Å². The fourth-order valence-corrected chi connectivity index (χ4v) is 1.86. The third-order valence-corrected chi connectivity index (χ3v) is 3.04. The van der Waals surface area contributed by atoms with Crippen molar-refractivity contribution in [1.29, 1.82) is 0 Å². The summed E-state index contributed by atoms with van der Waals surface area (Å²) in [6, 6.07) is 8.17. The van der Waals surface area contributed by atoms with E-state index in [1.807, 2.05) is 19.2 Å². The van der Waals surface area contributed by atoms with Gasteiger partial charge in [-0.25, -0.2) is 0 Å². The number of ether oxygens (including phenoxy) is 2. The molecule has 0 aromatic heterocycles. The minimum atomic E-state index is 0.495. The predicted octanol–water partition coefficient (Wildman–Crippen LogP) is 2.35. The maximum atomic E-state index is 5.66. The van der Waals surface area contributed by atoms with E-state index in [9.17, 15) is 0 Å². The van der Waals surface area contributed by atoms with Gasteiger partial charge in [0.2, 0.25) is 0 Å². The summed E-state index contributed by atoms with van der Waals surface area (Å²) in [6.07, 6.45) is 4.25. The predicted molar refractivity (Wildman–Crippen MR) is 68.3 cm³/mol. The van der Waals surface area contributed by atoms with Crippen LogP contribution in [0.3, 0.4) is 0 Å². The SMILES string of the molecule is CNCc1cccc(OCCOC2CCC2)c1. The highest BCUT2D eigenvalue weighted by Crippen LogP contribution is 2.21. The molecule has 3 nitrogen and oxygen atoms in total. The van der Waals surface area contributed by atoms with Gasteiger partial charge in [-0.15, -0.1) is 0 Å². The molecule has 1 saturated carbocycles. The highest BCUT2D eigenvalue weighted by atomic mass is 16.5. The zero-order chi connectivity index (χ0) is 11.9. The van der Waals surface area contributed by atoms with Gasteiger partial charge < -0.3 is 14.8 Å². The lowest BCUT2D eigenvalue weighted by Gasteiger charge is -2.25. The molecule has 0 bridgehead atoms. The van der Waals surface area contributed by atoms with Crippen molar-refractivity contribution in [2.75, 3.05) is 20.3 Å². The van der Waals surface area contributed by atoms with Crippen LogP contribution in [0.5, 0.6) is 5.75 Å². The smallest absolute Gasteiger partial charge is 0.119 e. The molecule has 3 heteroatoms. The summed E-state index contributed by atoms with van der Waals surface area (Å²) in [5.41, 5.74) is 1.24. The van der Waals surface area contributed by atoms with Crippen molar-refractivity contribution in [2.24, 2.45) is 0 Å². The Bertz CT molecular complexity index is 337. The van der Waals surface area contributed by atoms with Crippen molar-refractivity contribution in [3.05, 3.63) is 29.8 Å². The summed E-state index contributed by atoms with van der Waals surface area (Å²) < 4.78 is 11.3. The molecule has 0 radical (unpaired) electrons. The number of rotatable bonds is 7. The Balaban J connectivity index is 1.68. The molecule has 0 saturated heterocycles. The van der Waals surface area contributed by atoms with Gasteiger partial charge in [-0.2, -0.15) is 0 Å². The van der Waals surface area contributed by atoms with Crippen LogP contribution >= 0.6 is 0 Å². The molecule has 0 unspecified atom stereocenters. The van der Waals surface area contributed by atoms with Crippen LogP contribution in [0.2, 0.25) is 0 Å². The minimum absolute atomic E-state index is 0.495. The van der Waals surface area contributed by atoms with Gasteiger partial charge in [0.25, 0.3) is 0 Å². The number of benzene rings is 1. The molecule has 0 spiro atoms. The second-order valence-electron chi connectivity index (χ2n) is 4.45.